The Kier molecular flexibility index (Phi) is 4.59. The largest absolute Gasteiger partial charge is 0.463 e. The first-order valence-electron chi connectivity index (χ1n) is 5.32. The predicted octanol–water partition coefficient (Wildman–Crippen LogP) is 2.34. The summed E-state index contributed by atoms with van der Waals surface area (Å²) in [7, 11) is 0. The second kappa shape index (κ2) is 5.53. The first-order valence-corrected chi connectivity index (χ1v) is 5.32. The summed E-state index contributed by atoms with van der Waals surface area (Å²) in [5, 5.41) is 0. The number of nitrogens with two attached hydrogens (primary N) is 1. The lowest BCUT2D eigenvalue weighted by molar-refractivity contribution is -0.196. The quantitative estimate of drug-likeness (QED) is 0.867. The van der Waals surface area contributed by atoms with Crippen LogP contribution in [0.5, 0.6) is 5.75 Å². The van der Waals surface area contributed by atoms with E-state index in [1.165, 1.54) is 0 Å². The Morgan fingerprint density at radius 2 is 2.06 bits per heavy atom. The maximum atomic E-state index is 5.90. The minimum atomic E-state index is -0.570. The van der Waals surface area contributed by atoms with Crippen LogP contribution in [0.25, 0.3) is 0 Å². The van der Waals surface area contributed by atoms with E-state index < -0.39 is 5.79 Å². The van der Waals surface area contributed by atoms with Gasteiger partial charge in [0.15, 0.2) is 0 Å². The molecule has 1 aromatic rings. The van der Waals surface area contributed by atoms with Crippen LogP contribution in [0.3, 0.4) is 0 Å². The van der Waals surface area contributed by atoms with Crippen LogP contribution >= 0.6 is 12.4 Å². The van der Waals surface area contributed by atoms with Gasteiger partial charge in [-0.2, -0.15) is 0 Å². The van der Waals surface area contributed by atoms with E-state index in [4.69, 9.17) is 15.2 Å². The molecule has 2 atom stereocenters. The van der Waals surface area contributed by atoms with Crippen molar-refractivity contribution in [2.24, 2.45) is 5.73 Å². The summed E-state index contributed by atoms with van der Waals surface area (Å²) < 4.78 is 11.4. The lowest BCUT2D eigenvalue weighted by Gasteiger charge is -2.36. The molecule has 0 aromatic heterocycles. The summed E-state index contributed by atoms with van der Waals surface area (Å²) in [6.45, 7) is 2.61. The molecule has 2 N–H and O–H groups in total. The van der Waals surface area contributed by atoms with Gasteiger partial charge >= 0.3 is 0 Å². The number of para-hydroxylation sites is 1. The van der Waals surface area contributed by atoms with Crippen LogP contribution in [-0.2, 0) is 4.74 Å². The number of rotatable bonds is 2. The molecule has 0 amide bonds. The second-order valence-corrected chi connectivity index (χ2v) is 4.15. The highest BCUT2D eigenvalue weighted by molar-refractivity contribution is 5.85. The number of halogens is 1. The van der Waals surface area contributed by atoms with E-state index in [1.807, 2.05) is 37.3 Å². The van der Waals surface area contributed by atoms with Gasteiger partial charge in [0.1, 0.15) is 5.75 Å². The van der Waals surface area contributed by atoms with E-state index in [0.29, 0.717) is 6.61 Å². The van der Waals surface area contributed by atoms with Crippen molar-refractivity contribution in [1.29, 1.82) is 0 Å². The zero-order valence-corrected chi connectivity index (χ0v) is 10.2. The van der Waals surface area contributed by atoms with Crippen LogP contribution in [-0.4, -0.2) is 18.4 Å². The molecule has 1 aliphatic rings. The molecule has 0 saturated carbocycles. The molecule has 2 rings (SSSR count). The van der Waals surface area contributed by atoms with Crippen molar-refractivity contribution < 1.29 is 9.47 Å². The molecule has 3 nitrogen and oxygen atoms in total. The highest BCUT2D eigenvalue weighted by atomic mass is 35.5. The standard InChI is InChI=1S/C12H17NO2.ClH/c1-12(9-10(13)7-8-14-12)15-11-5-3-2-4-6-11;/h2-6,10H,7-9,13H2,1H3;1H. The van der Waals surface area contributed by atoms with Crippen LogP contribution < -0.4 is 10.5 Å². The Labute approximate surface area is 102 Å². The molecule has 16 heavy (non-hydrogen) atoms. The zero-order chi connectivity index (χ0) is 10.7. The van der Waals surface area contributed by atoms with Crippen LogP contribution in [0.1, 0.15) is 19.8 Å². The van der Waals surface area contributed by atoms with E-state index in [9.17, 15) is 0 Å². The number of ether oxygens (including phenoxy) is 2. The smallest absolute Gasteiger partial charge is 0.209 e. The summed E-state index contributed by atoms with van der Waals surface area (Å²) in [5.41, 5.74) is 5.90. The maximum Gasteiger partial charge on any atom is 0.209 e. The minimum Gasteiger partial charge on any atom is -0.463 e. The average molecular weight is 244 g/mol. The van der Waals surface area contributed by atoms with Gasteiger partial charge in [0, 0.05) is 19.4 Å². The highest BCUT2D eigenvalue weighted by Crippen LogP contribution is 2.27. The predicted molar refractivity (Wildman–Crippen MR) is 65.9 cm³/mol. The van der Waals surface area contributed by atoms with Gasteiger partial charge in [-0.1, -0.05) is 18.2 Å². The van der Waals surface area contributed by atoms with Gasteiger partial charge in [0.25, 0.3) is 0 Å². The summed E-state index contributed by atoms with van der Waals surface area (Å²) in [6.07, 6.45) is 1.65. The Bertz CT molecular complexity index is 320. The average Bonchev–Trinajstić information content (AvgIpc) is 2.18. The Morgan fingerprint density at radius 3 is 2.69 bits per heavy atom. The highest BCUT2D eigenvalue weighted by Gasteiger charge is 2.33. The van der Waals surface area contributed by atoms with Crippen molar-refractivity contribution in [2.75, 3.05) is 6.61 Å². The summed E-state index contributed by atoms with van der Waals surface area (Å²) in [5.74, 6) is 0.257. The van der Waals surface area contributed by atoms with E-state index in [2.05, 4.69) is 0 Å². The van der Waals surface area contributed by atoms with Crippen LogP contribution in [0, 0.1) is 0 Å². The van der Waals surface area contributed by atoms with Crippen LogP contribution in [0.2, 0.25) is 0 Å². The molecule has 0 spiro atoms. The maximum absolute atomic E-state index is 5.90. The summed E-state index contributed by atoms with van der Waals surface area (Å²) in [4.78, 5) is 0. The number of hydrogen-bond donors (Lipinski definition) is 1. The molecule has 1 heterocycles. The third kappa shape index (κ3) is 3.37. The molecule has 1 fully saturated rings. The summed E-state index contributed by atoms with van der Waals surface area (Å²) >= 11 is 0. The van der Waals surface area contributed by atoms with Gasteiger partial charge in [0.05, 0.1) is 6.61 Å². The van der Waals surface area contributed by atoms with Crippen molar-refractivity contribution in [3.63, 3.8) is 0 Å². The summed E-state index contributed by atoms with van der Waals surface area (Å²) in [6, 6.07) is 9.88. The monoisotopic (exact) mass is 243 g/mol. The molecular formula is C12H18ClNO2. The van der Waals surface area contributed by atoms with E-state index in [1.54, 1.807) is 0 Å². The lowest BCUT2D eigenvalue weighted by Crippen LogP contribution is -2.46. The minimum absolute atomic E-state index is 0. The topological polar surface area (TPSA) is 44.5 Å². The van der Waals surface area contributed by atoms with Gasteiger partial charge < -0.3 is 15.2 Å². The van der Waals surface area contributed by atoms with Crippen LogP contribution in [0.15, 0.2) is 30.3 Å². The molecule has 2 unspecified atom stereocenters. The van der Waals surface area contributed by atoms with Gasteiger partial charge in [-0.05, 0) is 18.6 Å². The molecule has 1 aromatic carbocycles. The normalized spacial score (nSPS) is 29.2. The number of hydrogen-bond acceptors (Lipinski definition) is 3. The van der Waals surface area contributed by atoms with Crippen molar-refractivity contribution in [2.45, 2.75) is 31.6 Å². The van der Waals surface area contributed by atoms with Gasteiger partial charge in [0.2, 0.25) is 5.79 Å². The Hall–Kier alpha value is -0.770. The van der Waals surface area contributed by atoms with Crippen LogP contribution in [0.4, 0.5) is 0 Å². The third-order valence-electron chi connectivity index (χ3n) is 2.61. The second-order valence-electron chi connectivity index (χ2n) is 4.15. The lowest BCUT2D eigenvalue weighted by atomic mass is 10.0. The van der Waals surface area contributed by atoms with Crippen molar-refractivity contribution >= 4 is 12.4 Å². The molecule has 0 radical (unpaired) electrons. The number of benzene rings is 1. The zero-order valence-electron chi connectivity index (χ0n) is 9.39. The Morgan fingerprint density at radius 1 is 1.38 bits per heavy atom. The fourth-order valence-electron chi connectivity index (χ4n) is 1.87. The van der Waals surface area contributed by atoms with E-state index in [-0.39, 0.29) is 18.4 Å². The Balaban J connectivity index is 0.00000128. The van der Waals surface area contributed by atoms with Crippen molar-refractivity contribution in [3.05, 3.63) is 30.3 Å². The molecule has 1 aliphatic heterocycles. The molecule has 1 saturated heterocycles. The van der Waals surface area contributed by atoms with E-state index >= 15 is 0 Å². The molecule has 90 valence electrons. The third-order valence-corrected chi connectivity index (χ3v) is 2.61. The fourth-order valence-corrected chi connectivity index (χ4v) is 1.87. The first-order chi connectivity index (χ1) is 7.18. The molecular weight excluding hydrogens is 226 g/mol. The molecule has 0 aliphatic carbocycles. The van der Waals surface area contributed by atoms with Crippen molar-refractivity contribution in [3.8, 4) is 5.75 Å². The van der Waals surface area contributed by atoms with Gasteiger partial charge in [-0.15, -0.1) is 12.4 Å². The SMILES string of the molecule is CC1(Oc2ccccc2)CC(N)CCO1.Cl. The van der Waals surface area contributed by atoms with Gasteiger partial charge in [-0.25, -0.2) is 0 Å². The molecule has 4 heteroatoms. The van der Waals surface area contributed by atoms with Gasteiger partial charge in [-0.3, -0.25) is 0 Å². The van der Waals surface area contributed by atoms with Crippen molar-refractivity contribution in [1.82, 2.24) is 0 Å². The molecule has 0 bridgehead atoms. The fraction of sp³-hybridized carbons (Fsp3) is 0.500. The first kappa shape index (κ1) is 13.3. The van der Waals surface area contributed by atoms with E-state index in [0.717, 1.165) is 18.6 Å².